The first kappa shape index (κ1) is 19.7. The third kappa shape index (κ3) is 7.15. The van der Waals surface area contributed by atoms with Gasteiger partial charge in [-0.1, -0.05) is 0 Å². The second-order valence-electron chi connectivity index (χ2n) is 7.06. The first-order valence-electron chi connectivity index (χ1n) is 7.67. The number of alkyl carbamates (subject to hydrolysis) is 1. The van der Waals surface area contributed by atoms with E-state index in [0.29, 0.717) is 6.61 Å². The van der Waals surface area contributed by atoms with E-state index in [2.05, 4.69) is 10.6 Å². The van der Waals surface area contributed by atoms with Crippen molar-refractivity contribution in [2.45, 2.75) is 71.2 Å². The predicted octanol–water partition coefficient (Wildman–Crippen LogP) is 0.528. The molecule has 8 nitrogen and oxygen atoms in total. The summed E-state index contributed by atoms with van der Waals surface area (Å²) in [5.41, 5.74) is -0.690. The summed E-state index contributed by atoms with van der Waals surface area (Å²) in [6.45, 7) is 10.7. The Bertz CT molecular complexity index is 430. The Balaban J connectivity index is 2.50. The van der Waals surface area contributed by atoms with E-state index in [4.69, 9.17) is 14.2 Å². The number of hydrogen-bond acceptors (Lipinski definition) is 6. The molecule has 0 aromatic rings. The number of aliphatic hydroxyl groups is 1. The zero-order chi connectivity index (χ0) is 17.8. The van der Waals surface area contributed by atoms with Crippen LogP contribution in [0.15, 0.2) is 0 Å². The third-order valence-electron chi connectivity index (χ3n) is 3.01. The van der Waals surface area contributed by atoms with Gasteiger partial charge in [-0.2, -0.15) is 0 Å². The van der Waals surface area contributed by atoms with Gasteiger partial charge in [0, 0.05) is 6.54 Å². The Labute approximate surface area is 136 Å². The summed E-state index contributed by atoms with van der Waals surface area (Å²) < 4.78 is 16.1. The Morgan fingerprint density at radius 1 is 1.39 bits per heavy atom. The molecule has 0 bridgehead atoms. The zero-order valence-electron chi connectivity index (χ0n) is 14.6. The van der Waals surface area contributed by atoms with Crippen molar-refractivity contribution in [3.8, 4) is 0 Å². The SMILES string of the molecule is C[C@@H](O)[C@H](NC(=O)OC(C)(C)C)C(=O)NCC1COC(C)(C)O1. The molecule has 0 saturated carbocycles. The van der Waals surface area contributed by atoms with Gasteiger partial charge in [0.15, 0.2) is 5.79 Å². The molecule has 0 spiro atoms. The highest BCUT2D eigenvalue weighted by Gasteiger charge is 2.34. The molecule has 1 rings (SSSR count). The summed E-state index contributed by atoms with van der Waals surface area (Å²) in [5.74, 6) is -1.19. The number of amides is 2. The Morgan fingerprint density at radius 2 is 2.00 bits per heavy atom. The van der Waals surface area contributed by atoms with Gasteiger partial charge in [-0.05, 0) is 41.5 Å². The minimum atomic E-state index is -1.11. The van der Waals surface area contributed by atoms with Crippen LogP contribution in [0.25, 0.3) is 0 Å². The Morgan fingerprint density at radius 3 is 2.43 bits per heavy atom. The molecule has 2 amide bonds. The number of rotatable bonds is 5. The highest BCUT2D eigenvalue weighted by atomic mass is 16.7. The molecule has 23 heavy (non-hydrogen) atoms. The minimum absolute atomic E-state index is 0.224. The maximum atomic E-state index is 12.2. The van der Waals surface area contributed by atoms with Crippen LogP contribution in [0.1, 0.15) is 41.5 Å². The van der Waals surface area contributed by atoms with Crippen molar-refractivity contribution < 1.29 is 28.9 Å². The van der Waals surface area contributed by atoms with Crippen LogP contribution in [0.4, 0.5) is 4.79 Å². The number of nitrogens with one attached hydrogen (secondary N) is 2. The zero-order valence-corrected chi connectivity index (χ0v) is 14.6. The lowest BCUT2D eigenvalue weighted by molar-refractivity contribution is -0.140. The average molecular weight is 332 g/mol. The number of carbonyl (C=O) groups is 2. The van der Waals surface area contributed by atoms with Crippen LogP contribution in [-0.2, 0) is 19.0 Å². The third-order valence-corrected chi connectivity index (χ3v) is 3.01. The molecule has 0 radical (unpaired) electrons. The van der Waals surface area contributed by atoms with Gasteiger partial charge in [0.05, 0.1) is 12.7 Å². The smallest absolute Gasteiger partial charge is 0.408 e. The summed E-state index contributed by atoms with van der Waals surface area (Å²) >= 11 is 0. The lowest BCUT2D eigenvalue weighted by Crippen LogP contribution is -2.54. The molecule has 134 valence electrons. The van der Waals surface area contributed by atoms with Crippen LogP contribution in [0.5, 0.6) is 0 Å². The molecule has 1 fully saturated rings. The fourth-order valence-electron chi connectivity index (χ4n) is 2.03. The van der Waals surface area contributed by atoms with Gasteiger partial charge in [0.1, 0.15) is 17.7 Å². The fourth-order valence-corrected chi connectivity index (χ4v) is 2.03. The summed E-state index contributed by atoms with van der Waals surface area (Å²) in [6, 6.07) is -1.11. The van der Waals surface area contributed by atoms with Gasteiger partial charge in [0.2, 0.25) is 5.91 Å². The Hall–Kier alpha value is -1.38. The highest BCUT2D eigenvalue weighted by molar-refractivity contribution is 5.86. The molecule has 1 heterocycles. The molecular weight excluding hydrogens is 304 g/mol. The number of aliphatic hydroxyl groups excluding tert-OH is 1. The van der Waals surface area contributed by atoms with Gasteiger partial charge in [-0.15, -0.1) is 0 Å². The first-order chi connectivity index (χ1) is 10.4. The minimum Gasteiger partial charge on any atom is -0.444 e. The molecule has 1 unspecified atom stereocenters. The number of ether oxygens (including phenoxy) is 3. The summed E-state index contributed by atoms with van der Waals surface area (Å²) in [5, 5.41) is 14.7. The molecule has 3 atom stereocenters. The number of hydrogen-bond donors (Lipinski definition) is 3. The maximum Gasteiger partial charge on any atom is 0.408 e. The monoisotopic (exact) mass is 332 g/mol. The normalized spacial score (nSPS) is 23.0. The standard InChI is InChI=1S/C15H28N2O6/c1-9(18)11(17-13(20)23-14(2,3)4)12(19)16-7-10-8-21-15(5,6)22-10/h9-11,18H,7-8H2,1-6H3,(H,16,19)(H,17,20)/t9-,10?,11+/m1/s1. The quantitative estimate of drug-likeness (QED) is 0.678. The van der Waals surface area contributed by atoms with Crippen LogP contribution >= 0.6 is 0 Å². The fraction of sp³-hybridized carbons (Fsp3) is 0.867. The first-order valence-corrected chi connectivity index (χ1v) is 7.67. The van der Waals surface area contributed by atoms with Crippen molar-refractivity contribution in [3.05, 3.63) is 0 Å². The highest BCUT2D eigenvalue weighted by Crippen LogP contribution is 2.21. The lowest BCUT2D eigenvalue weighted by Gasteiger charge is -2.25. The molecule has 1 saturated heterocycles. The van der Waals surface area contributed by atoms with Crippen molar-refractivity contribution in [2.75, 3.05) is 13.2 Å². The van der Waals surface area contributed by atoms with Crippen LogP contribution in [0, 0.1) is 0 Å². The van der Waals surface area contributed by atoms with Crippen LogP contribution in [0.2, 0.25) is 0 Å². The average Bonchev–Trinajstić information content (AvgIpc) is 2.70. The largest absolute Gasteiger partial charge is 0.444 e. The van der Waals surface area contributed by atoms with Gasteiger partial charge < -0.3 is 30.0 Å². The van der Waals surface area contributed by atoms with Crippen LogP contribution in [-0.4, -0.2) is 59.9 Å². The van der Waals surface area contributed by atoms with Crippen LogP contribution < -0.4 is 10.6 Å². The summed E-state index contributed by atoms with van der Waals surface area (Å²) in [6.07, 6.45) is -2.11. The summed E-state index contributed by atoms with van der Waals surface area (Å²) in [7, 11) is 0. The topological polar surface area (TPSA) is 106 Å². The second kappa shape index (κ2) is 7.46. The van der Waals surface area contributed by atoms with Crippen LogP contribution in [0.3, 0.4) is 0 Å². The second-order valence-corrected chi connectivity index (χ2v) is 7.06. The molecule has 0 aromatic carbocycles. The molecule has 3 N–H and O–H groups in total. The van der Waals surface area contributed by atoms with E-state index < -0.39 is 35.5 Å². The van der Waals surface area contributed by atoms with E-state index in [1.165, 1.54) is 6.92 Å². The lowest BCUT2D eigenvalue weighted by atomic mass is 10.1. The van der Waals surface area contributed by atoms with Gasteiger partial charge in [-0.25, -0.2) is 4.79 Å². The van der Waals surface area contributed by atoms with E-state index in [-0.39, 0.29) is 12.6 Å². The molecule has 8 heteroatoms. The predicted molar refractivity (Wildman–Crippen MR) is 82.8 cm³/mol. The van der Waals surface area contributed by atoms with Gasteiger partial charge in [-0.3, -0.25) is 4.79 Å². The van der Waals surface area contributed by atoms with Crippen molar-refractivity contribution in [1.29, 1.82) is 0 Å². The number of carbonyl (C=O) groups excluding carboxylic acids is 2. The maximum absolute atomic E-state index is 12.2. The van der Waals surface area contributed by atoms with E-state index in [9.17, 15) is 14.7 Å². The van der Waals surface area contributed by atoms with Gasteiger partial charge >= 0.3 is 6.09 Å². The molecule has 1 aliphatic heterocycles. The Kier molecular flexibility index (Phi) is 6.38. The van der Waals surface area contributed by atoms with Crippen molar-refractivity contribution in [1.82, 2.24) is 10.6 Å². The van der Waals surface area contributed by atoms with E-state index in [0.717, 1.165) is 0 Å². The van der Waals surface area contributed by atoms with Crippen molar-refractivity contribution in [3.63, 3.8) is 0 Å². The molecular formula is C15H28N2O6. The summed E-state index contributed by atoms with van der Waals surface area (Å²) in [4.78, 5) is 23.9. The van der Waals surface area contributed by atoms with E-state index >= 15 is 0 Å². The van der Waals surface area contributed by atoms with Crippen molar-refractivity contribution in [2.24, 2.45) is 0 Å². The van der Waals surface area contributed by atoms with E-state index in [1.54, 1.807) is 34.6 Å². The van der Waals surface area contributed by atoms with Gasteiger partial charge in [0.25, 0.3) is 0 Å². The van der Waals surface area contributed by atoms with E-state index in [1.807, 2.05) is 0 Å². The molecule has 0 aliphatic carbocycles. The molecule has 1 aliphatic rings. The molecule has 0 aromatic heterocycles. The van der Waals surface area contributed by atoms with Crippen molar-refractivity contribution >= 4 is 12.0 Å².